The van der Waals surface area contributed by atoms with Gasteiger partial charge in [-0.2, -0.15) is 5.26 Å². The van der Waals surface area contributed by atoms with Crippen LogP contribution >= 0.6 is 0 Å². The van der Waals surface area contributed by atoms with Crippen molar-refractivity contribution >= 4 is 5.82 Å². The van der Waals surface area contributed by atoms with Crippen LogP contribution in [0.2, 0.25) is 0 Å². The molecule has 0 bridgehead atoms. The fourth-order valence-electron chi connectivity index (χ4n) is 4.32. The Balaban J connectivity index is 1.67. The molecule has 0 unspecified atom stereocenters. The van der Waals surface area contributed by atoms with Gasteiger partial charge in [-0.15, -0.1) is 0 Å². The molecule has 0 amide bonds. The number of nitrogens with zero attached hydrogens (tertiary/aromatic N) is 2. The number of rotatable bonds is 3. The molecule has 6 nitrogen and oxygen atoms in total. The molecule has 5 rings (SSSR count). The molecule has 3 aromatic rings. The zero-order valence-corrected chi connectivity index (χ0v) is 17.5. The van der Waals surface area contributed by atoms with E-state index >= 15 is 0 Å². The van der Waals surface area contributed by atoms with Crippen LogP contribution in [0.3, 0.4) is 0 Å². The summed E-state index contributed by atoms with van der Waals surface area (Å²) in [6.07, 6.45) is 1.69. The van der Waals surface area contributed by atoms with Crippen molar-refractivity contribution < 1.29 is 18.8 Å². The van der Waals surface area contributed by atoms with Gasteiger partial charge in [-0.1, -0.05) is 12.1 Å². The minimum absolute atomic E-state index is 0.488. The van der Waals surface area contributed by atoms with E-state index in [2.05, 4.69) is 24.3 Å². The number of ether oxygens (including phenoxy) is 3. The maximum atomic E-state index is 9.88. The van der Waals surface area contributed by atoms with Crippen molar-refractivity contribution in [2.24, 2.45) is 0 Å². The van der Waals surface area contributed by atoms with Crippen molar-refractivity contribution in [3.05, 3.63) is 53.6 Å². The smallest absolute Gasteiger partial charge is 0.291 e. The molecule has 0 spiro atoms. The molecule has 0 saturated carbocycles. The lowest BCUT2D eigenvalue weighted by Gasteiger charge is -2.22. The summed E-state index contributed by atoms with van der Waals surface area (Å²) >= 11 is 0. The summed E-state index contributed by atoms with van der Waals surface area (Å²) in [5, 5.41) is 9.88. The molecular formula is C25H24N3O3+. The predicted molar refractivity (Wildman–Crippen MR) is 117 cm³/mol. The minimum atomic E-state index is 0.488. The first-order valence-corrected chi connectivity index (χ1v) is 10.6. The second kappa shape index (κ2) is 7.84. The number of hydrogen-bond acceptors (Lipinski definition) is 5. The van der Waals surface area contributed by atoms with Crippen molar-refractivity contribution in [2.45, 2.75) is 26.3 Å². The largest absolute Gasteiger partial charge is 0.494 e. The second-order valence-electron chi connectivity index (χ2n) is 7.68. The standard InChI is InChI=1S/C25H23N3O3/c1-2-29-18-6-4-16(5-7-18)19-13-22-20-14-24-23(30-10-3-11-31-24)12-17(20)8-9-28(22)25(27)21(19)15-26/h4-7,12-14,27H,2-3,8-11H2,1H3/p+1. The lowest BCUT2D eigenvalue weighted by Crippen LogP contribution is -2.44. The third-order valence-electron chi connectivity index (χ3n) is 5.83. The molecule has 2 aliphatic heterocycles. The van der Waals surface area contributed by atoms with Crippen LogP contribution in [0, 0.1) is 11.3 Å². The van der Waals surface area contributed by atoms with Gasteiger partial charge >= 0.3 is 0 Å². The van der Waals surface area contributed by atoms with E-state index in [0.29, 0.717) is 37.7 Å². The number of nitrogens with two attached hydrogens (primary N) is 1. The van der Waals surface area contributed by atoms with Gasteiger partial charge in [0.1, 0.15) is 23.1 Å². The summed E-state index contributed by atoms with van der Waals surface area (Å²) in [7, 11) is 0. The molecule has 0 atom stereocenters. The Morgan fingerprint density at radius 1 is 1.06 bits per heavy atom. The van der Waals surface area contributed by atoms with Crippen LogP contribution in [0.4, 0.5) is 5.82 Å². The SMILES string of the molecule is CCOc1ccc(-c2cc3[n+](c(N)c2C#N)CCc2cc4c(cc2-3)OCCCO4)cc1. The maximum absolute atomic E-state index is 9.88. The monoisotopic (exact) mass is 414 g/mol. The number of aryl methyl sites for hydroxylation is 1. The average molecular weight is 414 g/mol. The molecule has 0 fully saturated rings. The van der Waals surface area contributed by atoms with E-state index < -0.39 is 0 Å². The normalized spacial score (nSPS) is 14.1. The first-order chi connectivity index (χ1) is 15.2. The van der Waals surface area contributed by atoms with E-state index in [1.54, 1.807) is 0 Å². The van der Waals surface area contributed by atoms with Gasteiger partial charge in [-0.3, -0.25) is 5.73 Å². The first-order valence-electron chi connectivity index (χ1n) is 10.6. The van der Waals surface area contributed by atoms with Gasteiger partial charge in [0.15, 0.2) is 11.5 Å². The fourth-order valence-corrected chi connectivity index (χ4v) is 4.32. The zero-order chi connectivity index (χ0) is 21.4. The third-order valence-corrected chi connectivity index (χ3v) is 5.83. The molecule has 1 aromatic heterocycles. The molecule has 0 radical (unpaired) electrons. The van der Waals surface area contributed by atoms with Crippen LogP contribution in [-0.4, -0.2) is 19.8 Å². The van der Waals surface area contributed by atoms with E-state index in [1.165, 1.54) is 5.56 Å². The van der Waals surface area contributed by atoms with E-state index in [-0.39, 0.29) is 0 Å². The second-order valence-corrected chi connectivity index (χ2v) is 7.68. The number of nitrogen functional groups attached to an aromatic ring is 1. The average Bonchev–Trinajstić information content (AvgIpc) is 3.03. The topological polar surface area (TPSA) is 81.4 Å². The quantitative estimate of drug-likeness (QED) is 0.658. The van der Waals surface area contributed by atoms with Crippen molar-refractivity contribution in [3.8, 4) is 45.7 Å². The highest BCUT2D eigenvalue weighted by atomic mass is 16.5. The molecule has 0 saturated heterocycles. The van der Waals surface area contributed by atoms with Crippen molar-refractivity contribution in [1.29, 1.82) is 5.26 Å². The Hall–Kier alpha value is -3.72. The van der Waals surface area contributed by atoms with E-state index in [4.69, 9.17) is 19.9 Å². The molecule has 2 N–H and O–H groups in total. The Morgan fingerprint density at radius 2 is 1.81 bits per heavy atom. The molecule has 156 valence electrons. The summed E-state index contributed by atoms with van der Waals surface area (Å²) in [4.78, 5) is 0. The number of pyridine rings is 1. The Morgan fingerprint density at radius 3 is 2.52 bits per heavy atom. The number of fused-ring (bicyclic) bond motifs is 4. The van der Waals surface area contributed by atoms with Crippen LogP contribution in [0.1, 0.15) is 24.5 Å². The molecule has 31 heavy (non-hydrogen) atoms. The lowest BCUT2D eigenvalue weighted by molar-refractivity contribution is -0.673. The number of benzene rings is 2. The van der Waals surface area contributed by atoms with Gasteiger partial charge in [0.2, 0.25) is 0 Å². The van der Waals surface area contributed by atoms with Crippen molar-refractivity contribution in [1.82, 2.24) is 0 Å². The summed E-state index contributed by atoms with van der Waals surface area (Å²) in [5.41, 5.74) is 12.0. The van der Waals surface area contributed by atoms with E-state index in [0.717, 1.165) is 52.5 Å². The lowest BCUT2D eigenvalue weighted by atomic mass is 9.92. The van der Waals surface area contributed by atoms with Gasteiger partial charge in [0, 0.05) is 24.0 Å². The highest BCUT2D eigenvalue weighted by molar-refractivity contribution is 5.80. The highest BCUT2D eigenvalue weighted by Gasteiger charge is 2.29. The van der Waals surface area contributed by atoms with Gasteiger partial charge in [0.25, 0.3) is 5.82 Å². The molecule has 2 aromatic carbocycles. The Kier molecular flexibility index (Phi) is 4.87. The highest BCUT2D eigenvalue weighted by Crippen LogP contribution is 2.40. The van der Waals surface area contributed by atoms with Gasteiger partial charge in [-0.25, -0.2) is 4.57 Å². The maximum Gasteiger partial charge on any atom is 0.291 e. The van der Waals surface area contributed by atoms with Crippen LogP contribution < -0.4 is 24.5 Å². The summed E-state index contributed by atoms with van der Waals surface area (Å²) < 4.78 is 19.4. The number of aromatic nitrogens is 1. The summed E-state index contributed by atoms with van der Waals surface area (Å²) in [6.45, 7) is 4.58. The van der Waals surface area contributed by atoms with Crippen LogP contribution in [-0.2, 0) is 13.0 Å². The molecule has 0 aliphatic carbocycles. The van der Waals surface area contributed by atoms with E-state index in [9.17, 15) is 5.26 Å². The van der Waals surface area contributed by atoms with Crippen LogP contribution in [0.25, 0.3) is 22.4 Å². The van der Waals surface area contributed by atoms with Gasteiger partial charge in [-0.05, 0) is 48.4 Å². The molecule has 3 heterocycles. The number of nitriles is 1. The zero-order valence-electron chi connectivity index (χ0n) is 17.5. The Bertz CT molecular complexity index is 1200. The molecule has 2 aliphatic rings. The minimum Gasteiger partial charge on any atom is -0.494 e. The van der Waals surface area contributed by atoms with Crippen molar-refractivity contribution in [3.63, 3.8) is 0 Å². The molecular weight excluding hydrogens is 390 g/mol. The Labute approximate surface area is 181 Å². The third kappa shape index (κ3) is 3.32. The van der Waals surface area contributed by atoms with E-state index in [1.807, 2.05) is 35.8 Å². The molecule has 6 heteroatoms. The van der Waals surface area contributed by atoms with Gasteiger partial charge in [0.05, 0.1) is 26.4 Å². The van der Waals surface area contributed by atoms with Gasteiger partial charge < -0.3 is 14.2 Å². The van der Waals surface area contributed by atoms with Crippen molar-refractivity contribution in [2.75, 3.05) is 25.6 Å². The number of anilines is 1. The fraction of sp³-hybridized carbons (Fsp3) is 0.280. The van der Waals surface area contributed by atoms with Crippen LogP contribution in [0.5, 0.6) is 17.2 Å². The number of hydrogen-bond donors (Lipinski definition) is 1. The summed E-state index contributed by atoms with van der Waals surface area (Å²) in [6, 6.07) is 16.3. The summed E-state index contributed by atoms with van der Waals surface area (Å²) in [5.74, 6) is 2.85. The van der Waals surface area contributed by atoms with Crippen LogP contribution in [0.15, 0.2) is 42.5 Å². The predicted octanol–water partition coefficient (Wildman–Crippen LogP) is 3.88. The first kappa shape index (κ1) is 19.3.